The van der Waals surface area contributed by atoms with Gasteiger partial charge < -0.3 is 0 Å². The number of hydrogen-bond acceptors (Lipinski definition) is 2. The van der Waals surface area contributed by atoms with Crippen molar-refractivity contribution in [3.63, 3.8) is 0 Å². The average molecular weight is 241 g/mol. The lowest BCUT2D eigenvalue weighted by atomic mass is 10.2. The highest BCUT2D eigenvalue weighted by molar-refractivity contribution is 8.13. The van der Waals surface area contributed by atoms with E-state index in [1.54, 1.807) is 11.8 Å². The second-order valence-corrected chi connectivity index (χ2v) is 4.91. The van der Waals surface area contributed by atoms with Crippen LogP contribution >= 0.6 is 11.8 Å². The van der Waals surface area contributed by atoms with Gasteiger partial charge in [-0.15, -0.1) is 11.8 Å². The summed E-state index contributed by atoms with van der Waals surface area (Å²) < 4.78 is 0. The molecule has 0 spiro atoms. The van der Waals surface area contributed by atoms with Crippen LogP contribution in [0.5, 0.6) is 0 Å². The third kappa shape index (κ3) is 4.08. The molecule has 0 aliphatic carbocycles. The number of benzene rings is 2. The van der Waals surface area contributed by atoms with Gasteiger partial charge in [-0.2, -0.15) is 0 Å². The molecule has 0 saturated heterocycles. The summed E-state index contributed by atoms with van der Waals surface area (Å²) in [6, 6.07) is 20.5. The lowest BCUT2D eigenvalue weighted by Gasteiger charge is -2.01. The smallest absolute Gasteiger partial charge is 0.0710 e. The normalized spacial score (nSPS) is 11.5. The molecular weight excluding hydrogens is 226 g/mol. The number of hydrogen-bond donors (Lipinski definition) is 0. The minimum absolute atomic E-state index is 0.975. The highest BCUT2D eigenvalue weighted by Gasteiger charge is 1.96. The Morgan fingerprint density at radius 2 is 1.53 bits per heavy atom. The molecule has 2 rings (SSSR count). The van der Waals surface area contributed by atoms with Crippen molar-refractivity contribution in [2.45, 2.75) is 12.7 Å². The molecule has 0 unspecified atom stereocenters. The Balaban J connectivity index is 1.94. The molecule has 0 aromatic heterocycles. The van der Waals surface area contributed by atoms with E-state index in [9.17, 15) is 0 Å². The zero-order valence-electron chi connectivity index (χ0n) is 9.84. The average Bonchev–Trinajstić information content (AvgIpc) is 2.39. The van der Waals surface area contributed by atoms with E-state index in [-0.39, 0.29) is 0 Å². The molecule has 2 aromatic rings. The molecule has 0 heterocycles. The Morgan fingerprint density at radius 1 is 0.941 bits per heavy atom. The summed E-state index contributed by atoms with van der Waals surface area (Å²) in [5, 5.41) is 1.10. The van der Waals surface area contributed by atoms with Crippen molar-refractivity contribution in [2.24, 2.45) is 4.99 Å². The Labute approximate surface area is 107 Å². The van der Waals surface area contributed by atoms with Gasteiger partial charge in [0, 0.05) is 5.75 Å². The van der Waals surface area contributed by atoms with Crippen LogP contribution in [-0.4, -0.2) is 5.04 Å². The molecule has 0 aliphatic rings. The second kappa shape index (κ2) is 6.26. The first-order valence-corrected chi connectivity index (χ1v) is 6.60. The lowest BCUT2D eigenvalue weighted by molar-refractivity contribution is 1.42. The lowest BCUT2D eigenvalue weighted by Crippen LogP contribution is -1.86. The molecule has 0 fully saturated rings. The van der Waals surface area contributed by atoms with Crippen LogP contribution in [0, 0.1) is 0 Å². The number of rotatable bonds is 3. The van der Waals surface area contributed by atoms with Gasteiger partial charge in [-0.1, -0.05) is 48.5 Å². The molecule has 0 bridgehead atoms. The van der Waals surface area contributed by atoms with E-state index >= 15 is 0 Å². The molecule has 86 valence electrons. The molecule has 2 aromatic carbocycles. The fraction of sp³-hybridized carbons (Fsp3) is 0.133. The summed E-state index contributed by atoms with van der Waals surface area (Å²) in [6.07, 6.45) is 0. The molecule has 0 N–H and O–H groups in total. The minimum atomic E-state index is 0.975. The Morgan fingerprint density at radius 3 is 2.18 bits per heavy atom. The highest BCUT2D eigenvalue weighted by atomic mass is 32.2. The summed E-state index contributed by atoms with van der Waals surface area (Å²) >= 11 is 1.77. The van der Waals surface area contributed by atoms with E-state index in [1.807, 2.05) is 36.4 Å². The predicted molar refractivity (Wildman–Crippen MR) is 76.9 cm³/mol. The van der Waals surface area contributed by atoms with Crippen molar-refractivity contribution in [3.8, 4) is 0 Å². The third-order valence-electron chi connectivity index (χ3n) is 2.33. The molecule has 2 heteroatoms. The molecule has 17 heavy (non-hydrogen) atoms. The van der Waals surface area contributed by atoms with Gasteiger partial charge >= 0.3 is 0 Å². The van der Waals surface area contributed by atoms with Gasteiger partial charge in [0.1, 0.15) is 0 Å². The first kappa shape index (κ1) is 11.9. The zero-order chi connectivity index (χ0) is 11.9. The van der Waals surface area contributed by atoms with E-state index in [0.29, 0.717) is 0 Å². The maximum Gasteiger partial charge on any atom is 0.0710 e. The van der Waals surface area contributed by atoms with Crippen molar-refractivity contribution < 1.29 is 0 Å². The fourth-order valence-electron chi connectivity index (χ4n) is 1.48. The van der Waals surface area contributed by atoms with E-state index in [1.165, 1.54) is 5.56 Å². The zero-order valence-corrected chi connectivity index (χ0v) is 10.7. The van der Waals surface area contributed by atoms with Crippen LogP contribution in [0.2, 0.25) is 0 Å². The van der Waals surface area contributed by atoms with Gasteiger partial charge in [-0.05, 0) is 24.6 Å². The van der Waals surface area contributed by atoms with Crippen LogP contribution in [0.4, 0.5) is 5.69 Å². The number of para-hydroxylation sites is 1. The molecule has 0 radical (unpaired) electrons. The topological polar surface area (TPSA) is 12.4 Å². The monoisotopic (exact) mass is 241 g/mol. The maximum atomic E-state index is 4.55. The molecule has 0 saturated carbocycles. The molecular formula is C15H15NS. The van der Waals surface area contributed by atoms with Crippen molar-refractivity contribution in [1.82, 2.24) is 0 Å². The second-order valence-electron chi connectivity index (χ2n) is 3.74. The van der Waals surface area contributed by atoms with Crippen molar-refractivity contribution in [1.29, 1.82) is 0 Å². The van der Waals surface area contributed by atoms with Gasteiger partial charge in [-0.3, -0.25) is 0 Å². The number of nitrogens with zero attached hydrogens (tertiary/aromatic N) is 1. The van der Waals surface area contributed by atoms with Crippen LogP contribution in [0.15, 0.2) is 65.7 Å². The first-order valence-electron chi connectivity index (χ1n) is 5.61. The molecule has 1 nitrogen and oxygen atoms in total. The van der Waals surface area contributed by atoms with E-state index in [0.717, 1.165) is 16.5 Å². The molecule has 0 aliphatic heterocycles. The summed E-state index contributed by atoms with van der Waals surface area (Å²) in [6.45, 7) is 2.06. The van der Waals surface area contributed by atoms with Crippen LogP contribution in [-0.2, 0) is 5.75 Å². The summed E-state index contributed by atoms with van der Waals surface area (Å²) in [5.74, 6) is 0.975. The van der Waals surface area contributed by atoms with Gasteiger partial charge in [0.15, 0.2) is 0 Å². The number of thioether (sulfide) groups is 1. The van der Waals surface area contributed by atoms with Crippen LogP contribution < -0.4 is 0 Å². The van der Waals surface area contributed by atoms with Crippen molar-refractivity contribution >= 4 is 22.5 Å². The first-order chi connectivity index (χ1) is 8.34. The molecule has 0 atom stereocenters. The van der Waals surface area contributed by atoms with Crippen molar-refractivity contribution in [2.75, 3.05) is 0 Å². The Hall–Kier alpha value is -1.54. The van der Waals surface area contributed by atoms with E-state index in [2.05, 4.69) is 36.2 Å². The quantitative estimate of drug-likeness (QED) is 0.562. The summed E-state index contributed by atoms with van der Waals surface area (Å²) in [7, 11) is 0. The van der Waals surface area contributed by atoms with E-state index in [4.69, 9.17) is 0 Å². The number of aliphatic imine (C=N–C) groups is 1. The van der Waals surface area contributed by atoms with Crippen LogP contribution in [0.25, 0.3) is 0 Å². The Kier molecular flexibility index (Phi) is 4.39. The standard InChI is InChI=1S/C15H15NS/c1-13(16-15-10-6-3-7-11-15)17-12-14-8-4-2-5-9-14/h2-11H,12H2,1H3. The van der Waals surface area contributed by atoms with Crippen LogP contribution in [0.1, 0.15) is 12.5 Å². The Bertz CT molecular complexity index is 477. The highest BCUT2D eigenvalue weighted by Crippen LogP contribution is 2.18. The largest absolute Gasteiger partial charge is 0.247 e. The SMILES string of the molecule is CC(=Nc1ccccc1)SCc1ccccc1. The molecule has 0 amide bonds. The third-order valence-corrected chi connectivity index (χ3v) is 3.32. The van der Waals surface area contributed by atoms with Gasteiger partial charge in [0.2, 0.25) is 0 Å². The van der Waals surface area contributed by atoms with E-state index < -0.39 is 0 Å². The van der Waals surface area contributed by atoms with Gasteiger partial charge in [0.25, 0.3) is 0 Å². The van der Waals surface area contributed by atoms with Crippen LogP contribution in [0.3, 0.4) is 0 Å². The van der Waals surface area contributed by atoms with Gasteiger partial charge in [0.05, 0.1) is 10.7 Å². The summed E-state index contributed by atoms with van der Waals surface area (Å²) in [5.41, 5.74) is 2.35. The van der Waals surface area contributed by atoms with Gasteiger partial charge in [-0.25, -0.2) is 4.99 Å². The summed E-state index contributed by atoms with van der Waals surface area (Å²) in [4.78, 5) is 4.55. The maximum absolute atomic E-state index is 4.55. The minimum Gasteiger partial charge on any atom is -0.247 e. The van der Waals surface area contributed by atoms with Crippen molar-refractivity contribution in [3.05, 3.63) is 66.2 Å². The predicted octanol–water partition coefficient (Wildman–Crippen LogP) is 4.67. The fourth-order valence-corrected chi connectivity index (χ4v) is 2.22.